The van der Waals surface area contributed by atoms with Crippen LogP contribution in [0, 0.1) is 0 Å². The molecular formula is C15H18N2O2S. The van der Waals surface area contributed by atoms with Gasteiger partial charge in [-0.1, -0.05) is 6.07 Å². The lowest BCUT2D eigenvalue weighted by molar-refractivity contribution is -0.117. The fourth-order valence-corrected chi connectivity index (χ4v) is 2.63. The van der Waals surface area contributed by atoms with Crippen molar-refractivity contribution in [2.75, 3.05) is 26.0 Å². The number of hydrogen-bond donors (Lipinski definition) is 1. The summed E-state index contributed by atoms with van der Waals surface area (Å²) >= 11 is 1.70. The van der Waals surface area contributed by atoms with Crippen LogP contribution in [0.4, 0.5) is 5.69 Å². The van der Waals surface area contributed by atoms with E-state index in [2.05, 4.69) is 11.4 Å². The largest absolute Gasteiger partial charge is 0.497 e. The average molecular weight is 290 g/mol. The highest BCUT2D eigenvalue weighted by molar-refractivity contribution is 7.09. The predicted octanol–water partition coefficient (Wildman–Crippen LogP) is 2.83. The molecule has 1 heterocycles. The molecule has 1 amide bonds. The average Bonchev–Trinajstić information content (AvgIpc) is 2.92. The maximum atomic E-state index is 11.9. The number of methoxy groups -OCH3 is 1. The molecule has 1 aromatic heterocycles. The number of carbonyl (C=O) groups excluding carboxylic acids is 1. The molecule has 2 aromatic rings. The molecule has 0 saturated heterocycles. The van der Waals surface area contributed by atoms with Crippen LogP contribution in [0.15, 0.2) is 41.8 Å². The molecule has 0 bridgehead atoms. The number of hydrogen-bond acceptors (Lipinski definition) is 4. The summed E-state index contributed by atoms with van der Waals surface area (Å²) in [5.74, 6) is 0.757. The molecule has 0 spiro atoms. The summed E-state index contributed by atoms with van der Waals surface area (Å²) in [6.45, 7) is 1.15. The van der Waals surface area contributed by atoms with Crippen LogP contribution in [0.1, 0.15) is 4.88 Å². The lowest BCUT2D eigenvalue weighted by atomic mass is 10.3. The first-order chi connectivity index (χ1) is 9.67. The van der Waals surface area contributed by atoms with Crippen LogP contribution in [0.3, 0.4) is 0 Å². The quantitative estimate of drug-likeness (QED) is 0.889. The van der Waals surface area contributed by atoms with Crippen LogP contribution in [0.2, 0.25) is 0 Å². The summed E-state index contributed by atoms with van der Waals surface area (Å²) in [6, 6.07) is 11.4. The minimum atomic E-state index is -0.0192. The van der Waals surface area contributed by atoms with Crippen LogP contribution < -0.4 is 10.1 Å². The second-order valence-electron chi connectivity index (χ2n) is 4.53. The Morgan fingerprint density at radius 2 is 2.05 bits per heavy atom. The van der Waals surface area contributed by atoms with Gasteiger partial charge >= 0.3 is 0 Å². The number of benzene rings is 1. The van der Waals surface area contributed by atoms with Gasteiger partial charge in [0.2, 0.25) is 5.91 Å². The Bertz CT molecular complexity index is 538. The van der Waals surface area contributed by atoms with Gasteiger partial charge in [-0.3, -0.25) is 9.69 Å². The number of nitrogens with zero attached hydrogens (tertiary/aromatic N) is 1. The highest BCUT2D eigenvalue weighted by Gasteiger charge is 2.08. The van der Waals surface area contributed by atoms with E-state index in [1.165, 1.54) is 4.88 Å². The molecule has 20 heavy (non-hydrogen) atoms. The smallest absolute Gasteiger partial charge is 0.238 e. The number of carbonyl (C=O) groups is 1. The Morgan fingerprint density at radius 3 is 2.65 bits per heavy atom. The van der Waals surface area contributed by atoms with Gasteiger partial charge in [0, 0.05) is 17.1 Å². The van der Waals surface area contributed by atoms with Crippen molar-refractivity contribution >= 4 is 22.9 Å². The Morgan fingerprint density at radius 1 is 1.30 bits per heavy atom. The maximum Gasteiger partial charge on any atom is 0.238 e. The van der Waals surface area contributed by atoms with Crippen LogP contribution >= 0.6 is 11.3 Å². The van der Waals surface area contributed by atoms with E-state index in [9.17, 15) is 4.79 Å². The standard InChI is InChI=1S/C15H18N2O2S/c1-17(10-14-4-3-9-20-14)11-15(18)16-12-5-7-13(19-2)8-6-12/h3-9H,10-11H2,1-2H3,(H,16,18). The highest BCUT2D eigenvalue weighted by Crippen LogP contribution is 2.15. The van der Waals surface area contributed by atoms with Crippen molar-refractivity contribution in [1.29, 1.82) is 0 Å². The molecule has 0 aliphatic carbocycles. The minimum absolute atomic E-state index is 0.0192. The first-order valence-corrected chi connectivity index (χ1v) is 7.20. The SMILES string of the molecule is COc1ccc(NC(=O)CN(C)Cc2cccs2)cc1. The van der Waals surface area contributed by atoms with Gasteiger partial charge in [-0.05, 0) is 42.8 Å². The molecule has 0 unspecified atom stereocenters. The third kappa shape index (κ3) is 4.36. The molecule has 0 radical (unpaired) electrons. The predicted molar refractivity (Wildman–Crippen MR) is 82.3 cm³/mol. The van der Waals surface area contributed by atoms with Crippen LogP contribution in [-0.2, 0) is 11.3 Å². The lowest BCUT2D eigenvalue weighted by Crippen LogP contribution is -2.29. The summed E-state index contributed by atoms with van der Waals surface area (Å²) in [5.41, 5.74) is 0.778. The summed E-state index contributed by atoms with van der Waals surface area (Å²) in [4.78, 5) is 15.2. The lowest BCUT2D eigenvalue weighted by Gasteiger charge is -2.15. The molecule has 1 N–H and O–H groups in total. The normalized spacial score (nSPS) is 10.6. The third-order valence-electron chi connectivity index (χ3n) is 2.79. The zero-order chi connectivity index (χ0) is 14.4. The molecule has 0 saturated carbocycles. The van der Waals surface area contributed by atoms with Gasteiger partial charge in [-0.25, -0.2) is 0 Å². The molecule has 1 aromatic carbocycles. The Hall–Kier alpha value is -1.85. The number of ether oxygens (including phenoxy) is 1. The van der Waals surface area contributed by atoms with Gasteiger partial charge < -0.3 is 10.1 Å². The third-order valence-corrected chi connectivity index (χ3v) is 3.65. The van der Waals surface area contributed by atoms with Crippen LogP contribution in [0.25, 0.3) is 0 Å². The first-order valence-electron chi connectivity index (χ1n) is 6.32. The van der Waals surface area contributed by atoms with E-state index in [0.29, 0.717) is 6.54 Å². The molecule has 2 rings (SSSR count). The summed E-state index contributed by atoms with van der Waals surface area (Å²) in [5, 5.41) is 4.91. The maximum absolute atomic E-state index is 11.9. The van der Waals surface area contributed by atoms with Crippen molar-refractivity contribution in [2.45, 2.75) is 6.54 Å². The van der Waals surface area contributed by atoms with E-state index in [1.54, 1.807) is 18.4 Å². The second-order valence-corrected chi connectivity index (χ2v) is 5.56. The monoisotopic (exact) mass is 290 g/mol. The number of likely N-dealkylation sites (N-methyl/N-ethyl adjacent to an activating group) is 1. The van der Waals surface area contributed by atoms with Gasteiger partial charge in [0.25, 0.3) is 0 Å². The Labute approximate surface area is 123 Å². The van der Waals surface area contributed by atoms with Crippen molar-refractivity contribution in [3.63, 3.8) is 0 Å². The van der Waals surface area contributed by atoms with Gasteiger partial charge in [0.15, 0.2) is 0 Å². The number of amides is 1. The summed E-state index contributed by atoms with van der Waals surface area (Å²) in [7, 11) is 3.56. The fourth-order valence-electron chi connectivity index (χ4n) is 1.84. The molecule has 0 atom stereocenters. The van der Waals surface area contributed by atoms with E-state index in [-0.39, 0.29) is 5.91 Å². The van der Waals surface area contributed by atoms with Crippen molar-refractivity contribution in [1.82, 2.24) is 4.90 Å². The second kappa shape index (κ2) is 7.07. The number of nitrogens with one attached hydrogen (secondary N) is 1. The van der Waals surface area contributed by atoms with Gasteiger partial charge in [0.1, 0.15) is 5.75 Å². The van der Waals surface area contributed by atoms with Crippen LogP contribution in [-0.4, -0.2) is 31.5 Å². The molecule has 0 fully saturated rings. The van der Waals surface area contributed by atoms with Crippen molar-refractivity contribution in [3.8, 4) is 5.75 Å². The van der Waals surface area contributed by atoms with E-state index in [0.717, 1.165) is 18.0 Å². The van der Waals surface area contributed by atoms with Gasteiger partial charge in [-0.15, -0.1) is 11.3 Å². The summed E-state index contributed by atoms with van der Waals surface area (Å²) in [6.07, 6.45) is 0. The number of thiophene rings is 1. The van der Waals surface area contributed by atoms with E-state index in [4.69, 9.17) is 4.74 Å². The van der Waals surface area contributed by atoms with Crippen molar-refractivity contribution in [3.05, 3.63) is 46.7 Å². The number of anilines is 1. The zero-order valence-corrected chi connectivity index (χ0v) is 12.4. The molecule has 106 valence electrons. The van der Waals surface area contributed by atoms with Crippen molar-refractivity contribution in [2.24, 2.45) is 0 Å². The molecule has 0 aliphatic rings. The van der Waals surface area contributed by atoms with Crippen molar-refractivity contribution < 1.29 is 9.53 Å². The van der Waals surface area contributed by atoms with Gasteiger partial charge in [-0.2, -0.15) is 0 Å². The zero-order valence-electron chi connectivity index (χ0n) is 11.6. The molecule has 5 heteroatoms. The first kappa shape index (κ1) is 14.6. The molecular weight excluding hydrogens is 272 g/mol. The summed E-state index contributed by atoms with van der Waals surface area (Å²) < 4.78 is 5.08. The Balaban J connectivity index is 1.82. The van der Waals surface area contributed by atoms with E-state index < -0.39 is 0 Å². The molecule has 4 nitrogen and oxygen atoms in total. The van der Waals surface area contributed by atoms with Crippen LogP contribution in [0.5, 0.6) is 5.75 Å². The highest BCUT2D eigenvalue weighted by atomic mass is 32.1. The topological polar surface area (TPSA) is 41.6 Å². The number of rotatable bonds is 6. The minimum Gasteiger partial charge on any atom is -0.497 e. The molecule has 0 aliphatic heterocycles. The van der Waals surface area contributed by atoms with Gasteiger partial charge in [0.05, 0.1) is 13.7 Å². The Kier molecular flexibility index (Phi) is 5.15. The van der Waals surface area contributed by atoms with E-state index in [1.807, 2.05) is 47.7 Å². The fraction of sp³-hybridized carbons (Fsp3) is 0.267. The van der Waals surface area contributed by atoms with E-state index >= 15 is 0 Å².